The van der Waals surface area contributed by atoms with Crippen molar-refractivity contribution in [2.24, 2.45) is 17.6 Å². The quantitative estimate of drug-likeness (QED) is 0.0588. The third-order valence-electron chi connectivity index (χ3n) is 9.52. The maximum absolute atomic E-state index is 12.8. The molecule has 22 nitrogen and oxygen atoms in total. The van der Waals surface area contributed by atoms with Gasteiger partial charge in [0.1, 0.15) is 12.1 Å². The minimum atomic E-state index is -1.36. The Morgan fingerprint density at radius 1 is 0.621 bits per heavy atom. The molecule has 0 aromatic heterocycles. The molecule has 1 aliphatic carbocycles. The third-order valence-corrected chi connectivity index (χ3v) is 9.52. The number of nitrogens with two attached hydrogens (primary N) is 1. The van der Waals surface area contributed by atoms with Crippen molar-refractivity contribution < 1.29 is 73.2 Å². The summed E-state index contributed by atoms with van der Waals surface area (Å²) in [4.78, 5) is 127. The van der Waals surface area contributed by atoms with Gasteiger partial charge in [0.25, 0.3) is 5.91 Å². The van der Waals surface area contributed by atoms with Gasteiger partial charge in [0.05, 0.1) is 13.1 Å². The van der Waals surface area contributed by atoms with Crippen LogP contribution in [0, 0.1) is 18.8 Å². The lowest BCUT2D eigenvalue weighted by molar-refractivity contribution is -0.142. The number of primary amides is 1. The second-order valence-electron chi connectivity index (χ2n) is 14.8. The van der Waals surface area contributed by atoms with Gasteiger partial charge in [-0.3, -0.25) is 47.9 Å². The Morgan fingerprint density at radius 2 is 1.14 bits per heavy atom. The zero-order valence-electron chi connectivity index (χ0n) is 38.7. The third kappa shape index (κ3) is 31.3. The lowest BCUT2D eigenvalue weighted by Gasteiger charge is -2.25. The second-order valence-corrected chi connectivity index (χ2v) is 14.8. The highest BCUT2D eigenvalue weighted by molar-refractivity contribution is 5.94. The molecule has 0 radical (unpaired) electrons. The Bertz CT molecular complexity index is 1720. The molecule has 372 valence electrons. The first-order valence-corrected chi connectivity index (χ1v) is 22.1. The molecule has 1 aliphatic rings. The molecule has 0 aliphatic heterocycles. The van der Waals surface area contributed by atoms with Crippen LogP contribution in [0.15, 0.2) is 24.3 Å². The van der Waals surface area contributed by atoms with Crippen LogP contribution in [-0.4, -0.2) is 124 Å². The summed E-state index contributed by atoms with van der Waals surface area (Å²) in [7, 11) is 0. The van der Waals surface area contributed by atoms with Crippen molar-refractivity contribution in [3.8, 4) is 0 Å². The van der Waals surface area contributed by atoms with Gasteiger partial charge in [-0.1, -0.05) is 45.4 Å². The van der Waals surface area contributed by atoms with Crippen molar-refractivity contribution in [2.75, 3.05) is 26.2 Å². The molecule has 1 aromatic carbocycles. The summed E-state index contributed by atoms with van der Waals surface area (Å²) in [5.74, 6) is -8.04. The number of carboxylic acid groups (broad SMARTS) is 4. The van der Waals surface area contributed by atoms with Crippen molar-refractivity contribution in [3.05, 3.63) is 35.4 Å². The summed E-state index contributed by atoms with van der Waals surface area (Å²) in [6, 6.07) is 4.42. The van der Waals surface area contributed by atoms with Gasteiger partial charge in [-0.15, -0.1) is 0 Å². The second kappa shape index (κ2) is 36.7. The number of carbonyl (C=O) groups excluding carboxylic acids is 7. The molecule has 2 rings (SSSR count). The molecule has 12 N–H and O–H groups in total. The first-order valence-electron chi connectivity index (χ1n) is 22.1. The Morgan fingerprint density at radius 3 is 1.65 bits per heavy atom. The smallest absolute Gasteiger partial charge is 0.326 e. The number of carboxylic acids is 4. The standard InChI is InChI=1S/C36H53N7O11.2C3H6O2.C2H6/c1-22-7-6-8-25(19-22)34(51)39-17-4-2-9-27(36(53)54)43-30(46)21-41-35(52)26(15-16-31(47)48)42-29(45)20-40-28(44)10-3-5-18-38-33(50)24-13-11-23(12-14-24)32(37)49;2*1-2-3(4)5;1-2/h6-8,19,23-24,26-27H,2-5,9-18,20-21H2,1H3,(H2,37,49)(H,38,50)(H,39,51)(H,40,44)(H,41,52)(H,42,45)(H,43,46)(H,47,48)(H,53,54);2*2H2,1H3,(H,4,5);1-2H3. The van der Waals surface area contributed by atoms with Gasteiger partial charge in [-0.2, -0.15) is 0 Å². The van der Waals surface area contributed by atoms with E-state index in [4.69, 9.17) is 21.1 Å². The number of hydrogen-bond acceptors (Lipinski definition) is 11. The highest BCUT2D eigenvalue weighted by Gasteiger charge is 2.29. The van der Waals surface area contributed by atoms with Crippen molar-refractivity contribution in [2.45, 2.75) is 137 Å². The summed E-state index contributed by atoms with van der Waals surface area (Å²) in [6.45, 7) is 8.56. The van der Waals surface area contributed by atoms with Crippen LogP contribution in [0.4, 0.5) is 0 Å². The fraction of sp³-hybridized carbons (Fsp3) is 0.614. The van der Waals surface area contributed by atoms with Crippen LogP contribution in [0.5, 0.6) is 0 Å². The normalized spacial score (nSPS) is 14.4. The van der Waals surface area contributed by atoms with Gasteiger partial charge in [0, 0.05) is 56.2 Å². The van der Waals surface area contributed by atoms with Crippen molar-refractivity contribution >= 4 is 65.2 Å². The average Bonchev–Trinajstić information content (AvgIpc) is 3.28. The molecule has 1 aromatic rings. The lowest BCUT2D eigenvalue weighted by Crippen LogP contribution is -2.52. The van der Waals surface area contributed by atoms with E-state index in [-0.39, 0.29) is 61.7 Å². The number of carbonyl (C=O) groups is 11. The van der Waals surface area contributed by atoms with Gasteiger partial charge in [-0.25, -0.2) is 4.79 Å². The molecular formula is C44H71N7O15. The summed E-state index contributed by atoms with van der Waals surface area (Å²) < 4.78 is 0. The van der Waals surface area contributed by atoms with E-state index >= 15 is 0 Å². The van der Waals surface area contributed by atoms with E-state index in [0.717, 1.165) is 5.56 Å². The molecule has 0 saturated heterocycles. The molecule has 22 heteroatoms. The Labute approximate surface area is 385 Å². The predicted molar refractivity (Wildman–Crippen MR) is 240 cm³/mol. The number of amides is 7. The number of aryl methyl sites for hydroxylation is 1. The first kappa shape index (κ1) is 61.5. The monoisotopic (exact) mass is 938 g/mol. The summed E-state index contributed by atoms with van der Waals surface area (Å²) in [5, 5.41) is 49.0. The average molecular weight is 938 g/mol. The van der Waals surface area contributed by atoms with Crippen LogP contribution in [-0.2, 0) is 47.9 Å². The first-order chi connectivity index (χ1) is 31.2. The summed E-state index contributed by atoms with van der Waals surface area (Å²) in [5.41, 5.74) is 6.77. The highest BCUT2D eigenvalue weighted by atomic mass is 16.4. The van der Waals surface area contributed by atoms with Crippen LogP contribution < -0.4 is 37.6 Å². The van der Waals surface area contributed by atoms with Crippen molar-refractivity contribution in [1.29, 1.82) is 0 Å². The maximum Gasteiger partial charge on any atom is 0.326 e. The minimum absolute atomic E-state index is 0.0520. The highest BCUT2D eigenvalue weighted by Crippen LogP contribution is 2.28. The van der Waals surface area contributed by atoms with Crippen LogP contribution in [0.3, 0.4) is 0 Å². The van der Waals surface area contributed by atoms with E-state index in [2.05, 4.69) is 31.9 Å². The summed E-state index contributed by atoms with van der Waals surface area (Å²) >= 11 is 0. The van der Waals surface area contributed by atoms with Crippen LogP contribution >= 0.6 is 0 Å². The number of hydrogen-bond donors (Lipinski definition) is 11. The van der Waals surface area contributed by atoms with Crippen LogP contribution in [0.1, 0.15) is 134 Å². The molecule has 0 heterocycles. The van der Waals surface area contributed by atoms with Crippen LogP contribution in [0.25, 0.3) is 0 Å². The lowest BCUT2D eigenvalue weighted by atomic mass is 9.81. The van der Waals surface area contributed by atoms with E-state index < -0.39 is 79.1 Å². The Kier molecular flexibility index (Phi) is 34.2. The van der Waals surface area contributed by atoms with Gasteiger partial charge >= 0.3 is 23.9 Å². The van der Waals surface area contributed by atoms with Gasteiger partial charge in [0.15, 0.2) is 0 Å². The molecule has 2 atom stereocenters. The zero-order valence-corrected chi connectivity index (χ0v) is 38.7. The molecule has 7 amide bonds. The number of rotatable bonds is 26. The fourth-order valence-corrected chi connectivity index (χ4v) is 5.81. The molecule has 2 unspecified atom stereocenters. The van der Waals surface area contributed by atoms with Crippen molar-refractivity contribution in [1.82, 2.24) is 31.9 Å². The van der Waals surface area contributed by atoms with Crippen LogP contribution in [0.2, 0.25) is 0 Å². The minimum Gasteiger partial charge on any atom is -0.481 e. The fourth-order valence-electron chi connectivity index (χ4n) is 5.81. The number of aliphatic carboxylic acids is 4. The molecule has 66 heavy (non-hydrogen) atoms. The number of unbranched alkanes of at least 4 members (excludes halogenated alkanes) is 2. The molecular weight excluding hydrogens is 867 g/mol. The van der Waals surface area contributed by atoms with Gasteiger partial charge < -0.3 is 58.1 Å². The molecule has 0 bridgehead atoms. The number of benzene rings is 1. The SMILES string of the molecule is CC.CCC(=O)O.CCC(=O)O.Cc1cccc(C(=O)NCCCCC(NC(=O)CNC(=O)C(CCC(=O)O)NC(=O)CNC(=O)CCCCNC(=O)C2CCC(C(N)=O)CC2)C(=O)O)c1. The molecule has 1 fully saturated rings. The van der Waals surface area contributed by atoms with E-state index in [0.29, 0.717) is 70.0 Å². The largest absolute Gasteiger partial charge is 0.481 e. The van der Waals surface area contributed by atoms with Crippen molar-refractivity contribution in [3.63, 3.8) is 0 Å². The molecule has 1 saturated carbocycles. The molecule has 0 spiro atoms. The predicted octanol–water partition coefficient (Wildman–Crippen LogP) is 1.61. The van der Waals surface area contributed by atoms with Gasteiger partial charge in [-0.05, 0) is 83.3 Å². The van der Waals surface area contributed by atoms with Gasteiger partial charge in [0.2, 0.25) is 35.4 Å². The summed E-state index contributed by atoms with van der Waals surface area (Å²) in [6.07, 6.45) is 3.83. The van der Waals surface area contributed by atoms with E-state index in [1.165, 1.54) is 0 Å². The maximum atomic E-state index is 12.8. The van der Waals surface area contributed by atoms with E-state index in [1.54, 1.807) is 32.0 Å². The zero-order chi connectivity index (χ0) is 50.6. The van der Waals surface area contributed by atoms with E-state index in [9.17, 15) is 57.8 Å². The Balaban J connectivity index is 0. The van der Waals surface area contributed by atoms with E-state index in [1.807, 2.05) is 26.8 Å². The Hall–Kier alpha value is -6.61. The number of nitrogens with one attached hydrogen (secondary N) is 6. The topological polar surface area (TPSA) is 367 Å².